The SMILES string of the molecule is C=CSc1ccc(OC)cc1C. The van der Waals surface area contributed by atoms with Crippen LogP contribution in [0.3, 0.4) is 0 Å². The van der Waals surface area contributed by atoms with E-state index in [2.05, 4.69) is 13.5 Å². The van der Waals surface area contributed by atoms with Crippen molar-refractivity contribution < 1.29 is 4.74 Å². The Morgan fingerprint density at radius 2 is 2.25 bits per heavy atom. The van der Waals surface area contributed by atoms with E-state index in [4.69, 9.17) is 4.74 Å². The largest absolute Gasteiger partial charge is 0.497 e. The van der Waals surface area contributed by atoms with Crippen LogP contribution in [-0.2, 0) is 0 Å². The molecular weight excluding hydrogens is 168 g/mol. The maximum Gasteiger partial charge on any atom is 0.119 e. The molecule has 0 atom stereocenters. The van der Waals surface area contributed by atoms with Gasteiger partial charge in [-0.2, -0.15) is 0 Å². The highest BCUT2D eigenvalue weighted by atomic mass is 32.2. The second-order valence-electron chi connectivity index (χ2n) is 2.42. The summed E-state index contributed by atoms with van der Waals surface area (Å²) >= 11 is 1.63. The van der Waals surface area contributed by atoms with Crippen LogP contribution in [0.25, 0.3) is 0 Å². The molecule has 0 unspecified atom stereocenters. The molecule has 0 spiro atoms. The number of hydrogen-bond donors (Lipinski definition) is 0. The Kier molecular flexibility index (Phi) is 3.23. The predicted molar refractivity (Wildman–Crippen MR) is 53.8 cm³/mol. The van der Waals surface area contributed by atoms with Gasteiger partial charge in [0.15, 0.2) is 0 Å². The van der Waals surface area contributed by atoms with E-state index in [0.717, 1.165) is 5.75 Å². The molecule has 2 heteroatoms. The number of benzene rings is 1. The minimum Gasteiger partial charge on any atom is -0.497 e. The summed E-state index contributed by atoms with van der Waals surface area (Å²) in [5, 5.41) is 1.83. The van der Waals surface area contributed by atoms with Crippen molar-refractivity contribution in [1.82, 2.24) is 0 Å². The van der Waals surface area contributed by atoms with E-state index >= 15 is 0 Å². The molecule has 1 aromatic carbocycles. The van der Waals surface area contributed by atoms with Gasteiger partial charge >= 0.3 is 0 Å². The molecule has 1 rings (SSSR count). The van der Waals surface area contributed by atoms with Crippen molar-refractivity contribution in [3.05, 3.63) is 35.7 Å². The minimum atomic E-state index is 0.904. The van der Waals surface area contributed by atoms with E-state index in [1.807, 2.05) is 23.6 Å². The van der Waals surface area contributed by atoms with Crippen molar-refractivity contribution in [3.63, 3.8) is 0 Å². The minimum absolute atomic E-state index is 0.904. The molecule has 12 heavy (non-hydrogen) atoms. The average molecular weight is 180 g/mol. The van der Waals surface area contributed by atoms with Gasteiger partial charge in [0.2, 0.25) is 0 Å². The molecule has 0 N–H and O–H groups in total. The first-order chi connectivity index (χ1) is 5.77. The fraction of sp³-hybridized carbons (Fsp3) is 0.200. The van der Waals surface area contributed by atoms with Crippen LogP contribution < -0.4 is 4.74 Å². The lowest BCUT2D eigenvalue weighted by Crippen LogP contribution is -1.84. The Labute approximate surface area is 77.4 Å². The first-order valence-corrected chi connectivity index (χ1v) is 4.58. The third kappa shape index (κ3) is 2.05. The Hall–Kier alpha value is -0.890. The zero-order valence-corrected chi connectivity index (χ0v) is 8.15. The lowest BCUT2D eigenvalue weighted by atomic mass is 10.2. The van der Waals surface area contributed by atoms with Gasteiger partial charge in [-0.1, -0.05) is 18.3 Å². The Bertz CT molecular complexity index is 281. The van der Waals surface area contributed by atoms with Gasteiger partial charge in [0, 0.05) is 4.90 Å². The van der Waals surface area contributed by atoms with Gasteiger partial charge in [-0.3, -0.25) is 0 Å². The summed E-state index contributed by atoms with van der Waals surface area (Å²) in [6, 6.07) is 6.02. The number of methoxy groups -OCH3 is 1. The van der Waals surface area contributed by atoms with Gasteiger partial charge in [0.1, 0.15) is 5.75 Å². The highest BCUT2D eigenvalue weighted by Crippen LogP contribution is 2.25. The van der Waals surface area contributed by atoms with Crippen molar-refractivity contribution in [2.45, 2.75) is 11.8 Å². The number of rotatable bonds is 3. The summed E-state index contributed by atoms with van der Waals surface area (Å²) in [6.07, 6.45) is 0. The Balaban J connectivity index is 2.94. The normalized spacial score (nSPS) is 9.50. The van der Waals surface area contributed by atoms with Gasteiger partial charge in [0.25, 0.3) is 0 Å². The molecule has 0 saturated heterocycles. The summed E-state index contributed by atoms with van der Waals surface area (Å²) < 4.78 is 5.09. The van der Waals surface area contributed by atoms with Crippen molar-refractivity contribution in [1.29, 1.82) is 0 Å². The average Bonchev–Trinajstić information content (AvgIpc) is 2.09. The number of aryl methyl sites for hydroxylation is 1. The monoisotopic (exact) mass is 180 g/mol. The molecule has 0 heterocycles. The van der Waals surface area contributed by atoms with Crippen LogP contribution in [0.1, 0.15) is 5.56 Å². The summed E-state index contributed by atoms with van der Waals surface area (Å²) in [5.74, 6) is 0.904. The Morgan fingerprint density at radius 1 is 1.50 bits per heavy atom. The van der Waals surface area contributed by atoms with Crippen molar-refractivity contribution in [2.75, 3.05) is 7.11 Å². The Morgan fingerprint density at radius 3 is 2.75 bits per heavy atom. The lowest BCUT2D eigenvalue weighted by molar-refractivity contribution is 0.414. The van der Waals surface area contributed by atoms with Gasteiger partial charge in [-0.05, 0) is 36.1 Å². The van der Waals surface area contributed by atoms with Crippen molar-refractivity contribution >= 4 is 11.8 Å². The van der Waals surface area contributed by atoms with Crippen LogP contribution in [0, 0.1) is 6.92 Å². The topological polar surface area (TPSA) is 9.23 Å². The van der Waals surface area contributed by atoms with Crippen LogP contribution in [-0.4, -0.2) is 7.11 Å². The molecule has 64 valence electrons. The van der Waals surface area contributed by atoms with Gasteiger partial charge in [0.05, 0.1) is 7.11 Å². The summed E-state index contributed by atoms with van der Waals surface area (Å²) in [7, 11) is 1.68. The molecule has 0 aliphatic rings. The molecule has 0 amide bonds. The molecule has 0 saturated carbocycles. The van der Waals surface area contributed by atoms with E-state index in [0.29, 0.717) is 0 Å². The van der Waals surface area contributed by atoms with Crippen LogP contribution in [0.5, 0.6) is 5.75 Å². The van der Waals surface area contributed by atoms with Crippen LogP contribution in [0.15, 0.2) is 35.1 Å². The van der Waals surface area contributed by atoms with E-state index in [1.54, 1.807) is 18.9 Å². The maximum absolute atomic E-state index is 5.09. The standard InChI is InChI=1S/C10H12OS/c1-4-12-10-6-5-9(11-3)7-8(10)2/h4-7H,1H2,2-3H3. The molecular formula is C10H12OS. The van der Waals surface area contributed by atoms with E-state index in [1.165, 1.54) is 10.5 Å². The molecule has 0 radical (unpaired) electrons. The molecule has 0 aromatic heterocycles. The molecule has 0 aliphatic carbocycles. The van der Waals surface area contributed by atoms with Gasteiger partial charge in [-0.15, -0.1) is 0 Å². The maximum atomic E-state index is 5.09. The summed E-state index contributed by atoms with van der Waals surface area (Å²) in [4.78, 5) is 1.23. The first kappa shape index (κ1) is 9.20. The van der Waals surface area contributed by atoms with E-state index in [-0.39, 0.29) is 0 Å². The number of thioether (sulfide) groups is 1. The van der Waals surface area contributed by atoms with Gasteiger partial charge < -0.3 is 4.74 Å². The number of hydrogen-bond acceptors (Lipinski definition) is 2. The van der Waals surface area contributed by atoms with Crippen molar-refractivity contribution in [2.24, 2.45) is 0 Å². The lowest BCUT2D eigenvalue weighted by Gasteiger charge is -2.04. The molecule has 0 aliphatic heterocycles. The third-order valence-electron chi connectivity index (χ3n) is 1.59. The zero-order chi connectivity index (χ0) is 8.97. The second-order valence-corrected chi connectivity index (χ2v) is 3.42. The summed E-state index contributed by atoms with van der Waals surface area (Å²) in [5.41, 5.74) is 1.22. The number of ether oxygens (including phenoxy) is 1. The fourth-order valence-electron chi connectivity index (χ4n) is 0.971. The van der Waals surface area contributed by atoms with E-state index in [9.17, 15) is 0 Å². The highest BCUT2D eigenvalue weighted by molar-refractivity contribution is 8.02. The van der Waals surface area contributed by atoms with Crippen LogP contribution in [0.2, 0.25) is 0 Å². The molecule has 1 aromatic rings. The molecule has 0 bridgehead atoms. The second kappa shape index (κ2) is 4.21. The predicted octanol–water partition coefficient (Wildman–Crippen LogP) is 3.24. The molecule has 0 fully saturated rings. The first-order valence-electron chi connectivity index (χ1n) is 3.70. The molecule has 1 nitrogen and oxygen atoms in total. The van der Waals surface area contributed by atoms with Gasteiger partial charge in [-0.25, -0.2) is 0 Å². The highest BCUT2D eigenvalue weighted by Gasteiger charge is 1.98. The van der Waals surface area contributed by atoms with E-state index < -0.39 is 0 Å². The van der Waals surface area contributed by atoms with Crippen LogP contribution in [0.4, 0.5) is 0 Å². The van der Waals surface area contributed by atoms with Crippen LogP contribution >= 0.6 is 11.8 Å². The smallest absolute Gasteiger partial charge is 0.119 e. The third-order valence-corrected chi connectivity index (χ3v) is 2.47. The fourth-order valence-corrected chi connectivity index (χ4v) is 1.54. The quantitative estimate of drug-likeness (QED) is 0.660. The zero-order valence-electron chi connectivity index (χ0n) is 7.33. The van der Waals surface area contributed by atoms with Crippen molar-refractivity contribution in [3.8, 4) is 5.75 Å². The summed E-state index contributed by atoms with van der Waals surface area (Å²) in [6.45, 7) is 5.74.